The summed E-state index contributed by atoms with van der Waals surface area (Å²) in [6.07, 6.45) is 1.88. The van der Waals surface area contributed by atoms with Gasteiger partial charge in [0.25, 0.3) is 0 Å². The first-order chi connectivity index (χ1) is 18.5. The lowest BCUT2D eigenvalue weighted by molar-refractivity contribution is -0.140. The molecule has 0 radical (unpaired) electrons. The van der Waals surface area contributed by atoms with E-state index in [0.29, 0.717) is 28.6 Å². The molecule has 0 aliphatic carbocycles. The Hall–Kier alpha value is -2.78. The molecule has 0 aliphatic heterocycles. The van der Waals surface area contributed by atoms with E-state index in [0.717, 1.165) is 16.1 Å². The van der Waals surface area contributed by atoms with Gasteiger partial charge >= 0.3 is 0 Å². The minimum absolute atomic E-state index is 0.117. The number of carbonyl (C=O) groups is 2. The first-order valence-electron chi connectivity index (χ1n) is 12.3. The second-order valence-electron chi connectivity index (χ2n) is 8.94. The van der Waals surface area contributed by atoms with Crippen LogP contribution in [-0.2, 0) is 32.6 Å². The Morgan fingerprint density at radius 1 is 0.872 bits per heavy atom. The summed E-state index contributed by atoms with van der Waals surface area (Å²) in [5.41, 5.74) is 1.42. The number of hydrogen-bond donors (Lipinski definition) is 1. The van der Waals surface area contributed by atoms with Gasteiger partial charge in [-0.2, -0.15) is 0 Å². The maximum absolute atomic E-state index is 14.0. The molecular formula is C28H30Cl3N3O4S. The van der Waals surface area contributed by atoms with Crippen LogP contribution in [0.15, 0.2) is 72.8 Å². The number of carbonyl (C=O) groups excluding carboxylic acids is 2. The predicted molar refractivity (Wildman–Crippen MR) is 158 cm³/mol. The summed E-state index contributed by atoms with van der Waals surface area (Å²) in [6.45, 7) is 1.63. The minimum atomic E-state index is -3.93. The van der Waals surface area contributed by atoms with Gasteiger partial charge in [-0.3, -0.25) is 13.9 Å². The van der Waals surface area contributed by atoms with Gasteiger partial charge in [-0.1, -0.05) is 90.3 Å². The molecule has 39 heavy (non-hydrogen) atoms. The number of nitrogens with zero attached hydrogens (tertiary/aromatic N) is 2. The van der Waals surface area contributed by atoms with Crippen molar-refractivity contribution in [3.8, 4) is 0 Å². The highest BCUT2D eigenvalue weighted by Gasteiger charge is 2.34. The van der Waals surface area contributed by atoms with Gasteiger partial charge in [-0.25, -0.2) is 8.42 Å². The zero-order valence-corrected chi connectivity index (χ0v) is 24.7. The number of nitrogens with one attached hydrogen (secondary N) is 1. The second-order valence-corrected chi connectivity index (χ2v) is 12.1. The third-order valence-corrected chi connectivity index (χ3v) is 8.17. The number of halogens is 3. The van der Waals surface area contributed by atoms with E-state index in [-0.39, 0.29) is 29.6 Å². The number of anilines is 1. The SMILES string of the molecule is CCCNC(=O)[C@@H](Cc1ccccc1)N(Cc1c(Cl)cccc1Cl)C(=O)CN(c1ccccc1Cl)S(C)(=O)=O. The summed E-state index contributed by atoms with van der Waals surface area (Å²) < 4.78 is 26.6. The van der Waals surface area contributed by atoms with Crippen LogP contribution in [0.2, 0.25) is 15.1 Å². The fourth-order valence-corrected chi connectivity index (χ4v) is 5.69. The molecule has 0 aliphatic rings. The van der Waals surface area contributed by atoms with Crippen molar-refractivity contribution >= 4 is 62.3 Å². The summed E-state index contributed by atoms with van der Waals surface area (Å²) in [6, 6.07) is 19.6. The average Bonchev–Trinajstić information content (AvgIpc) is 2.89. The van der Waals surface area contributed by atoms with Crippen molar-refractivity contribution in [1.82, 2.24) is 10.2 Å². The van der Waals surface area contributed by atoms with Crippen LogP contribution in [0.4, 0.5) is 5.69 Å². The van der Waals surface area contributed by atoms with E-state index in [4.69, 9.17) is 34.8 Å². The Labute approximate surface area is 244 Å². The van der Waals surface area contributed by atoms with Crippen LogP contribution in [0.25, 0.3) is 0 Å². The molecule has 0 heterocycles. The molecule has 0 bridgehead atoms. The summed E-state index contributed by atoms with van der Waals surface area (Å²) >= 11 is 19.2. The van der Waals surface area contributed by atoms with Crippen molar-refractivity contribution in [2.75, 3.05) is 23.7 Å². The van der Waals surface area contributed by atoms with Gasteiger partial charge in [0.05, 0.1) is 17.0 Å². The van der Waals surface area contributed by atoms with Crippen LogP contribution >= 0.6 is 34.8 Å². The van der Waals surface area contributed by atoms with Crippen LogP contribution in [0.1, 0.15) is 24.5 Å². The molecule has 0 saturated heterocycles. The van der Waals surface area contributed by atoms with Crippen molar-refractivity contribution < 1.29 is 18.0 Å². The first kappa shape index (κ1) is 30.8. The Morgan fingerprint density at radius 3 is 2.05 bits per heavy atom. The fourth-order valence-electron chi connectivity index (χ4n) is 4.02. The Balaban J connectivity index is 2.10. The lowest BCUT2D eigenvalue weighted by atomic mass is 10.0. The summed E-state index contributed by atoms with van der Waals surface area (Å²) in [5.74, 6) is -0.996. The second kappa shape index (κ2) is 14.0. The number of hydrogen-bond acceptors (Lipinski definition) is 4. The number of benzene rings is 3. The van der Waals surface area contributed by atoms with Gasteiger partial charge in [0.15, 0.2) is 0 Å². The number of para-hydroxylation sites is 1. The zero-order chi connectivity index (χ0) is 28.6. The van der Waals surface area contributed by atoms with Gasteiger partial charge in [-0.15, -0.1) is 0 Å². The standard InChI is InChI=1S/C28H30Cl3N3O4S/c1-3-16-32-28(36)26(17-20-10-5-4-6-11-20)33(18-21-22(29)13-9-14-23(21)30)27(35)19-34(39(2,37)38)25-15-8-7-12-24(25)31/h4-15,26H,3,16-19H2,1-2H3,(H,32,36)/t26-/m1/s1. The largest absolute Gasteiger partial charge is 0.354 e. The molecule has 0 aromatic heterocycles. The van der Waals surface area contributed by atoms with E-state index in [2.05, 4.69) is 5.32 Å². The van der Waals surface area contributed by atoms with Crippen molar-refractivity contribution in [1.29, 1.82) is 0 Å². The van der Waals surface area contributed by atoms with Gasteiger partial charge in [0.2, 0.25) is 21.8 Å². The van der Waals surface area contributed by atoms with Crippen LogP contribution < -0.4 is 9.62 Å². The van der Waals surface area contributed by atoms with Crippen molar-refractivity contribution in [2.24, 2.45) is 0 Å². The van der Waals surface area contributed by atoms with Gasteiger partial charge in [0, 0.05) is 35.1 Å². The average molecular weight is 611 g/mol. The molecule has 0 spiro atoms. The minimum Gasteiger partial charge on any atom is -0.354 e. The van der Waals surface area contributed by atoms with E-state index in [1.165, 1.54) is 17.0 Å². The van der Waals surface area contributed by atoms with E-state index in [9.17, 15) is 18.0 Å². The lowest BCUT2D eigenvalue weighted by Gasteiger charge is -2.34. The van der Waals surface area contributed by atoms with E-state index >= 15 is 0 Å². The molecule has 1 atom stereocenters. The lowest BCUT2D eigenvalue weighted by Crippen LogP contribution is -2.53. The van der Waals surface area contributed by atoms with Gasteiger partial charge in [-0.05, 0) is 36.2 Å². The Kier molecular flexibility index (Phi) is 11.1. The smallest absolute Gasteiger partial charge is 0.244 e. The maximum Gasteiger partial charge on any atom is 0.244 e. The normalized spacial score (nSPS) is 12.0. The third kappa shape index (κ3) is 8.35. The molecular weight excluding hydrogens is 581 g/mol. The van der Waals surface area contributed by atoms with Gasteiger partial charge < -0.3 is 10.2 Å². The molecule has 0 fully saturated rings. The molecule has 7 nitrogen and oxygen atoms in total. The highest BCUT2D eigenvalue weighted by Crippen LogP contribution is 2.30. The first-order valence-corrected chi connectivity index (χ1v) is 15.3. The molecule has 0 unspecified atom stereocenters. The number of amides is 2. The van der Waals surface area contributed by atoms with Crippen LogP contribution in [0.5, 0.6) is 0 Å². The van der Waals surface area contributed by atoms with Crippen LogP contribution in [-0.4, -0.2) is 50.5 Å². The highest BCUT2D eigenvalue weighted by molar-refractivity contribution is 7.92. The third-order valence-electron chi connectivity index (χ3n) is 6.01. The van der Waals surface area contributed by atoms with E-state index in [1.54, 1.807) is 30.3 Å². The predicted octanol–water partition coefficient (Wildman–Crippen LogP) is 5.58. The summed E-state index contributed by atoms with van der Waals surface area (Å²) in [7, 11) is -3.93. The van der Waals surface area contributed by atoms with E-state index < -0.39 is 28.5 Å². The highest BCUT2D eigenvalue weighted by atomic mass is 35.5. The molecule has 11 heteroatoms. The van der Waals surface area contributed by atoms with Crippen LogP contribution in [0.3, 0.4) is 0 Å². The molecule has 2 amide bonds. The summed E-state index contributed by atoms with van der Waals surface area (Å²) in [4.78, 5) is 28.9. The fraction of sp³-hybridized carbons (Fsp3) is 0.286. The zero-order valence-electron chi connectivity index (χ0n) is 21.6. The summed E-state index contributed by atoms with van der Waals surface area (Å²) in [5, 5.41) is 3.68. The quantitative estimate of drug-likeness (QED) is 0.290. The molecule has 3 aromatic carbocycles. The van der Waals surface area contributed by atoms with Crippen molar-refractivity contribution in [3.05, 3.63) is 99.0 Å². The molecule has 3 rings (SSSR count). The van der Waals surface area contributed by atoms with Crippen molar-refractivity contribution in [3.63, 3.8) is 0 Å². The Morgan fingerprint density at radius 2 is 1.46 bits per heavy atom. The maximum atomic E-state index is 14.0. The Bertz CT molecular complexity index is 1380. The molecule has 3 aromatic rings. The van der Waals surface area contributed by atoms with E-state index in [1.807, 2.05) is 37.3 Å². The monoisotopic (exact) mass is 609 g/mol. The van der Waals surface area contributed by atoms with Crippen molar-refractivity contribution in [2.45, 2.75) is 32.4 Å². The number of rotatable bonds is 12. The molecule has 0 saturated carbocycles. The van der Waals surface area contributed by atoms with Gasteiger partial charge in [0.1, 0.15) is 12.6 Å². The molecule has 1 N–H and O–H groups in total. The number of sulfonamides is 1. The van der Waals surface area contributed by atoms with Crippen LogP contribution in [0, 0.1) is 0 Å². The molecule has 208 valence electrons. The topological polar surface area (TPSA) is 86.8 Å².